The van der Waals surface area contributed by atoms with Gasteiger partial charge in [0.2, 0.25) is 0 Å². The molecule has 5 heteroatoms. The SMILES string of the molecule is COc1cc(Br)cc(C2CC(CN)CN2C)c1OC1CCCC1. The van der Waals surface area contributed by atoms with Crippen LogP contribution < -0.4 is 15.2 Å². The topological polar surface area (TPSA) is 47.7 Å². The van der Waals surface area contributed by atoms with E-state index in [1.165, 1.54) is 18.4 Å². The summed E-state index contributed by atoms with van der Waals surface area (Å²) >= 11 is 3.62. The molecule has 2 aliphatic rings. The first kappa shape index (κ1) is 17.1. The average Bonchev–Trinajstić information content (AvgIpc) is 3.18. The summed E-state index contributed by atoms with van der Waals surface area (Å²) in [5, 5.41) is 0. The van der Waals surface area contributed by atoms with Gasteiger partial charge >= 0.3 is 0 Å². The number of benzene rings is 1. The smallest absolute Gasteiger partial charge is 0.166 e. The molecule has 0 aromatic heterocycles. The average molecular weight is 383 g/mol. The van der Waals surface area contributed by atoms with Crippen LogP contribution in [0.3, 0.4) is 0 Å². The highest BCUT2D eigenvalue weighted by atomic mass is 79.9. The van der Waals surface area contributed by atoms with Gasteiger partial charge in [0.15, 0.2) is 11.5 Å². The molecule has 2 fully saturated rings. The molecule has 128 valence electrons. The Labute approximate surface area is 147 Å². The van der Waals surface area contributed by atoms with Crippen LogP contribution in [0.1, 0.15) is 43.7 Å². The van der Waals surface area contributed by atoms with Crippen LogP contribution in [-0.2, 0) is 0 Å². The summed E-state index contributed by atoms with van der Waals surface area (Å²) in [6, 6.07) is 4.53. The minimum absolute atomic E-state index is 0.320. The molecular weight excluding hydrogens is 356 g/mol. The molecule has 1 saturated carbocycles. The van der Waals surface area contributed by atoms with E-state index < -0.39 is 0 Å². The van der Waals surface area contributed by atoms with Crippen molar-refractivity contribution in [3.05, 3.63) is 22.2 Å². The van der Waals surface area contributed by atoms with Crippen LogP contribution in [0.15, 0.2) is 16.6 Å². The Morgan fingerprint density at radius 3 is 2.65 bits per heavy atom. The van der Waals surface area contributed by atoms with Gasteiger partial charge in [-0.25, -0.2) is 0 Å². The normalized spacial score (nSPS) is 25.9. The highest BCUT2D eigenvalue weighted by Gasteiger charge is 2.33. The number of rotatable bonds is 5. The number of hydrogen-bond acceptors (Lipinski definition) is 4. The van der Waals surface area contributed by atoms with Crippen molar-refractivity contribution < 1.29 is 9.47 Å². The van der Waals surface area contributed by atoms with E-state index in [0.717, 1.165) is 48.3 Å². The highest BCUT2D eigenvalue weighted by molar-refractivity contribution is 9.10. The van der Waals surface area contributed by atoms with Gasteiger partial charge in [-0.1, -0.05) is 15.9 Å². The summed E-state index contributed by atoms with van der Waals surface area (Å²) in [6.45, 7) is 1.78. The zero-order valence-corrected chi connectivity index (χ0v) is 15.6. The minimum atomic E-state index is 0.320. The molecule has 1 aromatic rings. The molecule has 0 radical (unpaired) electrons. The summed E-state index contributed by atoms with van der Waals surface area (Å²) < 4.78 is 13.1. The summed E-state index contributed by atoms with van der Waals surface area (Å²) in [4.78, 5) is 2.39. The van der Waals surface area contributed by atoms with Crippen molar-refractivity contribution in [2.75, 3.05) is 27.2 Å². The number of hydrogen-bond donors (Lipinski definition) is 1. The van der Waals surface area contributed by atoms with Crippen LogP contribution in [-0.4, -0.2) is 38.3 Å². The Balaban J connectivity index is 1.95. The molecular formula is C18H27BrN2O2. The Morgan fingerprint density at radius 2 is 2.04 bits per heavy atom. The van der Waals surface area contributed by atoms with E-state index in [-0.39, 0.29) is 0 Å². The number of halogens is 1. The van der Waals surface area contributed by atoms with Gasteiger partial charge in [-0.3, -0.25) is 4.90 Å². The van der Waals surface area contributed by atoms with E-state index >= 15 is 0 Å². The third-order valence-corrected chi connectivity index (χ3v) is 5.64. The fraction of sp³-hybridized carbons (Fsp3) is 0.667. The van der Waals surface area contributed by atoms with Crippen molar-refractivity contribution in [2.24, 2.45) is 11.7 Å². The number of nitrogens with two attached hydrogens (primary N) is 1. The Kier molecular flexibility index (Phi) is 5.49. The summed E-state index contributed by atoms with van der Waals surface area (Å²) in [7, 11) is 3.89. The van der Waals surface area contributed by atoms with Crippen LogP contribution in [0.4, 0.5) is 0 Å². The minimum Gasteiger partial charge on any atom is -0.493 e. The molecule has 2 atom stereocenters. The van der Waals surface area contributed by atoms with Crippen molar-refractivity contribution in [3.8, 4) is 11.5 Å². The molecule has 0 amide bonds. The first-order chi connectivity index (χ1) is 11.1. The molecule has 3 rings (SSSR count). The second-order valence-corrected chi connectivity index (χ2v) is 7.76. The van der Waals surface area contributed by atoms with Crippen molar-refractivity contribution in [1.29, 1.82) is 0 Å². The van der Waals surface area contributed by atoms with Gasteiger partial charge in [0, 0.05) is 22.6 Å². The lowest BCUT2D eigenvalue weighted by Gasteiger charge is -2.26. The first-order valence-corrected chi connectivity index (χ1v) is 9.36. The second kappa shape index (κ2) is 7.41. The monoisotopic (exact) mass is 382 g/mol. The summed E-state index contributed by atoms with van der Waals surface area (Å²) in [5.74, 6) is 2.30. The van der Waals surface area contributed by atoms with E-state index in [4.69, 9.17) is 15.2 Å². The molecule has 1 aliphatic carbocycles. The van der Waals surface area contributed by atoms with E-state index in [1.54, 1.807) is 7.11 Å². The quantitative estimate of drug-likeness (QED) is 0.842. The molecule has 1 aromatic carbocycles. The standard InChI is InChI=1S/C18H27BrN2O2/c1-21-11-12(10-20)7-16(21)15-8-13(19)9-17(22-2)18(15)23-14-5-3-4-6-14/h8-9,12,14,16H,3-7,10-11,20H2,1-2H3. The molecule has 2 N–H and O–H groups in total. The van der Waals surface area contributed by atoms with Crippen molar-refractivity contribution in [2.45, 2.75) is 44.2 Å². The van der Waals surface area contributed by atoms with Crippen molar-refractivity contribution >= 4 is 15.9 Å². The lowest BCUT2D eigenvalue weighted by molar-refractivity contribution is 0.192. The molecule has 1 aliphatic heterocycles. The number of nitrogens with zero attached hydrogens (tertiary/aromatic N) is 1. The Hall–Kier alpha value is -0.780. The summed E-state index contributed by atoms with van der Waals surface area (Å²) in [6.07, 6.45) is 6.21. The Morgan fingerprint density at radius 1 is 1.30 bits per heavy atom. The predicted molar refractivity (Wildman–Crippen MR) is 96.1 cm³/mol. The number of ether oxygens (including phenoxy) is 2. The lowest BCUT2D eigenvalue weighted by Crippen LogP contribution is -2.21. The molecule has 4 nitrogen and oxygen atoms in total. The zero-order chi connectivity index (χ0) is 16.4. The zero-order valence-electron chi connectivity index (χ0n) is 14.1. The van der Waals surface area contributed by atoms with Gasteiger partial charge in [0.1, 0.15) is 0 Å². The van der Waals surface area contributed by atoms with E-state index in [0.29, 0.717) is 18.1 Å². The fourth-order valence-corrected chi connectivity index (χ4v) is 4.38. The molecule has 1 saturated heterocycles. The van der Waals surface area contributed by atoms with Crippen LogP contribution in [0.2, 0.25) is 0 Å². The van der Waals surface area contributed by atoms with Gasteiger partial charge < -0.3 is 15.2 Å². The van der Waals surface area contributed by atoms with Gasteiger partial charge in [0.25, 0.3) is 0 Å². The number of likely N-dealkylation sites (tertiary alicyclic amines) is 1. The van der Waals surface area contributed by atoms with Crippen LogP contribution in [0, 0.1) is 5.92 Å². The predicted octanol–water partition coefficient (Wildman–Crippen LogP) is 3.73. The van der Waals surface area contributed by atoms with Gasteiger partial charge in [0.05, 0.1) is 13.2 Å². The molecule has 0 spiro atoms. The van der Waals surface area contributed by atoms with Gasteiger partial charge in [-0.15, -0.1) is 0 Å². The second-order valence-electron chi connectivity index (χ2n) is 6.84. The molecule has 23 heavy (non-hydrogen) atoms. The maximum absolute atomic E-state index is 6.41. The highest BCUT2D eigenvalue weighted by Crippen LogP contribution is 2.45. The Bertz CT molecular complexity index is 546. The van der Waals surface area contributed by atoms with E-state index in [1.807, 2.05) is 6.07 Å². The third-order valence-electron chi connectivity index (χ3n) is 5.18. The van der Waals surface area contributed by atoms with Crippen LogP contribution in [0.5, 0.6) is 11.5 Å². The largest absolute Gasteiger partial charge is 0.493 e. The third kappa shape index (κ3) is 3.67. The van der Waals surface area contributed by atoms with Crippen molar-refractivity contribution in [3.63, 3.8) is 0 Å². The molecule has 1 heterocycles. The van der Waals surface area contributed by atoms with Crippen LogP contribution in [0.25, 0.3) is 0 Å². The molecule has 0 bridgehead atoms. The number of methoxy groups -OCH3 is 1. The van der Waals surface area contributed by atoms with Gasteiger partial charge in [-0.05, 0) is 63.7 Å². The summed E-state index contributed by atoms with van der Waals surface area (Å²) in [5.41, 5.74) is 7.12. The molecule has 2 unspecified atom stereocenters. The first-order valence-electron chi connectivity index (χ1n) is 8.56. The van der Waals surface area contributed by atoms with E-state index in [9.17, 15) is 0 Å². The maximum Gasteiger partial charge on any atom is 0.166 e. The van der Waals surface area contributed by atoms with Crippen molar-refractivity contribution in [1.82, 2.24) is 4.90 Å². The maximum atomic E-state index is 6.41. The van der Waals surface area contributed by atoms with E-state index in [2.05, 4.69) is 33.9 Å². The van der Waals surface area contributed by atoms with Gasteiger partial charge in [-0.2, -0.15) is 0 Å². The van der Waals surface area contributed by atoms with Crippen LogP contribution >= 0.6 is 15.9 Å². The fourth-order valence-electron chi connectivity index (χ4n) is 3.93. The lowest BCUT2D eigenvalue weighted by atomic mass is 9.98.